The van der Waals surface area contributed by atoms with Gasteiger partial charge in [-0.3, -0.25) is 4.90 Å². The molecule has 5 heteroatoms. The number of nitrogens with one attached hydrogen (secondary N) is 1. The predicted molar refractivity (Wildman–Crippen MR) is 80.7 cm³/mol. The molecule has 1 aliphatic rings. The van der Waals surface area contributed by atoms with Gasteiger partial charge < -0.3 is 5.32 Å². The summed E-state index contributed by atoms with van der Waals surface area (Å²) in [5, 5.41) is 3.50. The van der Waals surface area contributed by atoms with E-state index in [2.05, 4.69) is 16.8 Å². The van der Waals surface area contributed by atoms with E-state index in [1.807, 2.05) is 12.1 Å². The molecule has 1 fully saturated rings. The number of nitrogens with zero attached hydrogens (tertiary/aromatic N) is 1. The number of halogens is 3. The van der Waals surface area contributed by atoms with E-state index in [0.717, 1.165) is 38.2 Å². The predicted octanol–water partition coefficient (Wildman–Crippen LogP) is 3.42. The molecule has 1 aromatic carbocycles. The Morgan fingerprint density at radius 2 is 2.11 bits per heavy atom. The molecule has 106 valence electrons. The van der Waals surface area contributed by atoms with Crippen molar-refractivity contribution in [2.24, 2.45) is 0 Å². The molecular weight excluding hydrogens is 286 g/mol. The molecule has 0 aliphatic carbocycles. The minimum Gasteiger partial charge on any atom is -0.314 e. The molecule has 0 amide bonds. The maximum Gasteiger partial charge on any atom is 0.142 e. The Hall–Kier alpha value is -0.610. The van der Waals surface area contributed by atoms with Crippen LogP contribution in [0, 0.1) is 5.82 Å². The highest BCUT2D eigenvalue weighted by molar-refractivity contribution is 6.30. The van der Waals surface area contributed by atoms with Crippen LogP contribution < -0.4 is 5.32 Å². The summed E-state index contributed by atoms with van der Waals surface area (Å²) in [6, 6.07) is 5.27. The van der Waals surface area contributed by atoms with Crippen LogP contribution in [0.4, 0.5) is 4.39 Å². The molecule has 0 unspecified atom stereocenters. The average molecular weight is 305 g/mol. The van der Waals surface area contributed by atoms with Crippen molar-refractivity contribution in [1.29, 1.82) is 0 Å². The molecule has 0 radical (unpaired) electrons. The second kappa shape index (κ2) is 7.85. The standard InChI is InChI=1S/C14H18ClFN2.ClH/c1-2-3-14(18-8-6-17-7-9-18)11-4-5-12(15)13(16)10-11;/h2,4-5,10,14,17H,1,3,6-9H2;1H/t14-;/m1./s1. The highest BCUT2D eigenvalue weighted by atomic mass is 35.5. The zero-order chi connectivity index (χ0) is 13.0. The van der Waals surface area contributed by atoms with Gasteiger partial charge in [-0.2, -0.15) is 0 Å². The first kappa shape index (κ1) is 16.4. The Balaban J connectivity index is 0.00000180. The van der Waals surface area contributed by atoms with Gasteiger partial charge in [-0.15, -0.1) is 19.0 Å². The highest BCUT2D eigenvalue weighted by Gasteiger charge is 2.21. The van der Waals surface area contributed by atoms with Crippen LogP contribution in [0.15, 0.2) is 30.9 Å². The van der Waals surface area contributed by atoms with Crippen molar-refractivity contribution in [3.8, 4) is 0 Å². The number of hydrogen-bond donors (Lipinski definition) is 1. The SMILES string of the molecule is C=CC[C@H](c1ccc(Cl)c(F)c1)N1CCNCC1.Cl. The summed E-state index contributed by atoms with van der Waals surface area (Å²) in [7, 11) is 0. The van der Waals surface area contributed by atoms with E-state index < -0.39 is 0 Å². The number of benzene rings is 1. The molecule has 0 bridgehead atoms. The lowest BCUT2D eigenvalue weighted by molar-refractivity contribution is 0.174. The van der Waals surface area contributed by atoms with Crippen molar-refractivity contribution in [3.05, 3.63) is 47.3 Å². The smallest absolute Gasteiger partial charge is 0.142 e. The molecule has 1 atom stereocenters. The molecule has 1 heterocycles. The van der Waals surface area contributed by atoms with Gasteiger partial charge in [0, 0.05) is 32.2 Å². The lowest BCUT2D eigenvalue weighted by atomic mass is 10.0. The van der Waals surface area contributed by atoms with E-state index in [-0.39, 0.29) is 29.3 Å². The molecular formula is C14H19Cl2FN2. The van der Waals surface area contributed by atoms with Crippen molar-refractivity contribution in [2.45, 2.75) is 12.5 Å². The van der Waals surface area contributed by atoms with Gasteiger partial charge in [0.1, 0.15) is 5.82 Å². The van der Waals surface area contributed by atoms with Crippen LogP contribution in [-0.4, -0.2) is 31.1 Å². The zero-order valence-corrected chi connectivity index (χ0v) is 12.3. The fourth-order valence-corrected chi connectivity index (χ4v) is 2.48. The summed E-state index contributed by atoms with van der Waals surface area (Å²) in [6.07, 6.45) is 2.71. The minimum atomic E-state index is -0.349. The molecule has 0 aromatic heterocycles. The molecule has 1 aliphatic heterocycles. The summed E-state index contributed by atoms with van der Waals surface area (Å²) in [5.74, 6) is -0.349. The highest BCUT2D eigenvalue weighted by Crippen LogP contribution is 2.27. The van der Waals surface area contributed by atoms with Gasteiger partial charge in [0.15, 0.2) is 0 Å². The Kier molecular flexibility index (Phi) is 6.80. The van der Waals surface area contributed by atoms with Crippen LogP contribution in [0.5, 0.6) is 0 Å². The lowest BCUT2D eigenvalue weighted by Gasteiger charge is -2.34. The van der Waals surface area contributed by atoms with Crippen LogP contribution in [0.1, 0.15) is 18.0 Å². The van der Waals surface area contributed by atoms with Gasteiger partial charge in [0.05, 0.1) is 5.02 Å². The Labute approximate surface area is 125 Å². The molecule has 0 saturated carbocycles. The Morgan fingerprint density at radius 3 is 2.68 bits per heavy atom. The Morgan fingerprint density at radius 1 is 1.42 bits per heavy atom. The fourth-order valence-electron chi connectivity index (χ4n) is 2.37. The first-order valence-corrected chi connectivity index (χ1v) is 6.61. The third kappa shape index (κ3) is 4.18. The van der Waals surface area contributed by atoms with E-state index in [0.29, 0.717) is 0 Å². The van der Waals surface area contributed by atoms with Crippen LogP contribution >= 0.6 is 24.0 Å². The average Bonchev–Trinajstić information content (AvgIpc) is 2.40. The topological polar surface area (TPSA) is 15.3 Å². The van der Waals surface area contributed by atoms with E-state index >= 15 is 0 Å². The molecule has 1 saturated heterocycles. The van der Waals surface area contributed by atoms with Crippen molar-refractivity contribution < 1.29 is 4.39 Å². The summed E-state index contributed by atoms with van der Waals surface area (Å²) in [4.78, 5) is 2.36. The molecule has 1 N–H and O–H groups in total. The van der Waals surface area contributed by atoms with Crippen molar-refractivity contribution in [3.63, 3.8) is 0 Å². The lowest BCUT2D eigenvalue weighted by Crippen LogP contribution is -2.45. The summed E-state index contributed by atoms with van der Waals surface area (Å²) >= 11 is 5.73. The van der Waals surface area contributed by atoms with Crippen LogP contribution in [0.2, 0.25) is 5.02 Å². The summed E-state index contributed by atoms with van der Waals surface area (Å²) < 4.78 is 13.6. The number of hydrogen-bond acceptors (Lipinski definition) is 2. The van der Waals surface area contributed by atoms with Gasteiger partial charge in [-0.25, -0.2) is 4.39 Å². The molecule has 2 nitrogen and oxygen atoms in total. The van der Waals surface area contributed by atoms with Crippen molar-refractivity contribution >= 4 is 24.0 Å². The second-order valence-corrected chi connectivity index (χ2v) is 4.91. The third-order valence-electron chi connectivity index (χ3n) is 3.31. The van der Waals surface area contributed by atoms with Crippen LogP contribution in [0.3, 0.4) is 0 Å². The van der Waals surface area contributed by atoms with Gasteiger partial charge >= 0.3 is 0 Å². The molecule has 0 spiro atoms. The normalized spacial score (nSPS) is 17.6. The van der Waals surface area contributed by atoms with E-state index in [1.165, 1.54) is 0 Å². The maximum atomic E-state index is 13.6. The van der Waals surface area contributed by atoms with Crippen molar-refractivity contribution in [2.75, 3.05) is 26.2 Å². The zero-order valence-electron chi connectivity index (χ0n) is 10.7. The Bertz CT molecular complexity index is 420. The summed E-state index contributed by atoms with van der Waals surface area (Å²) in [6.45, 7) is 7.70. The fraction of sp³-hybridized carbons (Fsp3) is 0.429. The summed E-state index contributed by atoms with van der Waals surface area (Å²) in [5.41, 5.74) is 0.971. The first-order valence-electron chi connectivity index (χ1n) is 6.23. The third-order valence-corrected chi connectivity index (χ3v) is 3.62. The first-order chi connectivity index (χ1) is 8.72. The van der Waals surface area contributed by atoms with Gasteiger partial charge in [-0.1, -0.05) is 23.7 Å². The maximum absolute atomic E-state index is 13.6. The monoisotopic (exact) mass is 304 g/mol. The van der Waals surface area contributed by atoms with Crippen LogP contribution in [-0.2, 0) is 0 Å². The van der Waals surface area contributed by atoms with Gasteiger partial charge in [0.25, 0.3) is 0 Å². The van der Waals surface area contributed by atoms with E-state index in [9.17, 15) is 4.39 Å². The minimum absolute atomic E-state index is 0. The largest absolute Gasteiger partial charge is 0.314 e. The second-order valence-electron chi connectivity index (χ2n) is 4.50. The van der Waals surface area contributed by atoms with E-state index in [4.69, 9.17) is 11.6 Å². The van der Waals surface area contributed by atoms with Gasteiger partial charge in [-0.05, 0) is 24.1 Å². The molecule has 1 aromatic rings. The molecule has 2 rings (SSSR count). The quantitative estimate of drug-likeness (QED) is 0.858. The number of piperazine rings is 1. The number of rotatable bonds is 4. The van der Waals surface area contributed by atoms with Crippen LogP contribution in [0.25, 0.3) is 0 Å². The van der Waals surface area contributed by atoms with E-state index in [1.54, 1.807) is 12.1 Å². The molecule has 19 heavy (non-hydrogen) atoms. The van der Waals surface area contributed by atoms with Gasteiger partial charge in [0.2, 0.25) is 0 Å². The van der Waals surface area contributed by atoms with Crippen molar-refractivity contribution in [1.82, 2.24) is 10.2 Å².